The first kappa shape index (κ1) is 19.3. The van der Waals surface area contributed by atoms with E-state index < -0.39 is 16.1 Å². The van der Waals surface area contributed by atoms with Crippen molar-refractivity contribution in [2.75, 3.05) is 11.1 Å². The van der Waals surface area contributed by atoms with Crippen LogP contribution >= 0.6 is 0 Å². The summed E-state index contributed by atoms with van der Waals surface area (Å²) in [5.41, 5.74) is 13.0. The number of benzene rings is 3. The van der Waals surface area contributed by atoms with Crippen LogP contribution in [-0.2, 0) is 10.1 Å². The first-order valence-electron chi connectivity index (χ1n) is 8.04. The Bertz CT molecular complexity index is 1220. The van der Waals surface area contributed by atoms with E-state index in [0.29, 0.717) is 27.8 Å². The Morgan fingerprint density at radius 3 is 2.50 bits per heavy atom. The highest BCUT2D eigenvalue weighted by Crippen LogP contribution is 2.33. The third-order valence-electron chi connectivity index (χ3n) is 3.98. The van der Waals surface area contributed by atoms with E-state index in [0.717, 1.165) is 5.56 Å². The van der Waals surface area contributed by atoms with Gasteiger partial charge < -0.3 is 16.8 Å². The summed E-state index contributed by atoms with van der Waals surface area (Å²) in [5.74, 6) is 0. The van der Waals surface area contributed by atoms with Crippen LogP contribution in [-0.4, -0.2) is 19.0 Å². The quantitative estimate of drug-likeness (QED) is 0.297. The number of rotatable bonds is 4. The molecule has 0 aromatic heterocycles. The van der Waals surface area contributed by atoms with Crippen molar-refractivity contribution in [1.29, 1.82) is 0 Å². The zero-order valence-electron chi connectivity index (χ0n) is 14.7. The van der Waals surface area contributed by atoms with E-state index >= 15 is 0 Å². The molecule has 0 fully saturated rings. The predicted molar refractivity (Wildman–Crippen MR) is 107 cm³/mol. The summed E-state index contributed by atoms with van der Waals surface area (Å²) in [7, 11) is -4.40. The minimum atomic E-state index is -4.40. The van der Waals surface area contributed by atoms with Gasteiger partial charge in [0.1, 0.15) is 10.6 Å². The van der Waals surface area contributed by atoms with Gasteiger partial charge in [-0.2, -0.15) is 13.5 Å². The molecule has 0 atom stereocenters. The SMILES string of the molecule is Cc1cc(N=Nc2ccc(N)cc2NC(N)=O)cc2c(S(=O)(=O)O)cccc12. The van der Waals surface area contributed by atoms with Crippen molar-refractivity contribution in [3.05, 3.63) is 54.1 Å². The molecule has 144 valence electrons. The lowest BCUT2D eigenvalue weighted by atomic mass is 10.0. The number of nitrogen functional groups attached to an aromatic ring is 1. The van der Waals surface area contributed by atoms with Crippen LogP contribution in [0.5, 0.6) is 0 Å². The van der Waals surface area contributed by atoms with Gasteiger partial charge in [-0.3, -0.25) is 4.55 Å². The van der Waals surface area contributed by atoms with Gasteiger partial charge in [0.05, 0.1) is 11.4 Å². The molecule has 3 aromatic rings. The molecule has 0 bridgehead atoms. The maximum absolute atomic E-state index is 11.7. The van der Waals surface area contributed by atoms with E-state index in [4.69, 9.17) is 11.5 Å². The number of amides is 2. The van der Waals surface area contributed by atoms with E-state index in [9.17, 15) is 17.8 Å². The average Bonchev–Trinajstić information content (AvgIpc) is 2.59. The molecular formula is C18H17N5O4S. The second kappa shape index (κ2) is 7.25. The summed E-state index contributed by atoms with van der Waals surface area (Å²) >= 11 is 0. The van der Waals surface area contributed by atoms with E-state index in [1.165, 1.54) is 18.2 Å². The van der Waals surface area contributed by atoms with Crippen LogP contribution in [0.15, 0.2) is 63.7 Å². The van der Waals surface area contributed by atoms with Gasteiger partial charge >= 0.3 is 6.03 Å². The fourth-order valence-corrected chi connectivity index (χ4v) is 3.49. The van der Waals surface area contributed by atoms with E-state index in [-0.39, 0.29) is 10.6 Å². The number of anilines is 2. The summed E-state index contributed by atoms with van der Waals surface area (Å²) < 4.78 is 32.8. The topological polar surface area (TPSA) is 160 Å². The van der Waals surface area contributed by atoms with Crippen molar-refractivity contribution in [3.63, 3.8) is 0 Å². The maximum Gasteiger partial charge on any atom is 0.316 e. The molecule has 2 amide bonds. The molecule has 3 rings (SSSR count). The first-order chi connectivity index (χ1) is 13.1. The summed E-state index contributed by atoms with van der Waals surface area (Å²) in [6, 6.07) is 11.7. The Kier molecular flexibility index (Phi) is 4.99. The average molecular weight is 399 g/mol. The van der Waals surface area contributed by atoms with Gasteiger partial charge in [-0.05, 0) is 54.3 Å². The summed E-state index contributed by atoms with van der Waals surface area (Å²) in [6.45, 7) is 1.79. The highest BCUT2D eigenvalue weighted by molar-refractivity contribution is 7.86. The van der Waals surface area contributed by atoms with Crippen molar-refractivity contribution < 1.29 is 17.8 Å². The van der Waals surface area contributed by atoms with Gasteiger partial charge in [-0.15, -0.1) is 5.11 Å². The van der Waals surface area contributed by atoms with Crippen LogP contribution in [0.2, 0.25) is 0 Å². The Hall–Kier alpha value is -3.50. The van der Waals surface area contributed by atoms with E-state index in [1.54, 1.807) is 37.3 Å². The number of azo groups is 1. The molecule has 0 saturated carbocycles. The maximum atomic E-state index is 11.7. The Labute approximate surface area is 160 Å². The molecule has 0 aliphatic rings. The van der Waals surface area contributed by atoms with Crippen molar-refractivity contribution in [1.82, 2.24) is 0 Å². The number of aryl methyl sites for hydroxylation is 1. The fraction of sp³-hybridized carbons (Fsp3) is 0.0556. The smallest absolute Gasteiger partial charge is 0.316 e. The van der Waals surface area contributed by atoms with Gasteiger partial charge in [0.2, 0.25) is 0 Å². The zero-order valence-corrected chi connectivity index (χ0v) is 15.6. The minimum absolute atomic E-state index is 0.214. The Morgan fingerprint density at radius 2 is 1.82 bits per heavy atom. The van der Waals surface area contributed by atoms with E-state index in [1.807, 2.05) is 0 Å². The molecule has 0 unspecified atom stereocenters. The van der Waals surface area contributed by atoms with Crippen LogP contribution in [0.3, 0.4) is 0 Å². The molecule has 0 heterocycles. The number of carbonyl (C=O) groups excluding carboxylic acids is 1. The number of carbonyl (C=O) groups is 1. The fourth-order valence-electron chi connectivity index (χ4n) is 2.79. The number of nitrogens with zero attached hydrogens (tertiary/aromatic N) is 2. The molecule has 3 aromatic carbocycles. The number of primary amides is 1. The normalized spacial score (nSPS) is 11.8. The zero-order chi connectivity index (χ0) is 20.5. The van der Waals surface area contributed by atoms with Gasteiger partial charge in [0, 0.05) is 11.1 Å². The Balaban J connectivity index is 2.10. The molecular weight excluding hydrogens is 382 g/mol. The third kappa shape index (κ3) is 4.08. The first-order valence-corrected chi connectivity index (χ1v) is 9.48. The number of fused-ring (bicyclic) bond motifs is 1. The lowest BCUT2D eigenvalue weighted by molar-refractivity contribution is 0.259. The van der Waals surface area contributed by atoms with Gasteiger partial charge in [0.15, 0.2) is 0 Å². The van der Waals surface area contributed by atoms with Gasteiger partial charge in [-0.1, -0.05) is 12.1 Å². The molecule has 0 aliphatic heterocycles. The molecule has 0 radical (unpaired) electrons. The van der Waals surface area contributed by atoms with Gasteiger partial charge in [-0.25, -0.2) is 4.79 Å². The molecule has 6 N–H and O–H groups in total. The van der Waals surface area contributed by atoms with Crippen molar-refractivity contribution in [2.45, 2.75) is 11.8 Å². The summed E-state index contributed by atoms with van der Waals surface area (Å²) in [4.78, 5) is 10.9. The molecule has 0 spiro atoms. The van der Waals surface area contributed by atoms with Crippen molar-refractivity contribution in [2.24, 2.45) is 16.0 Å². The van der Waals surface area contributed by atoms with Gasteiger partial charge in [0.25, 0.3) is 10.1 Å². The van der Waals surface area contributed by atoms with Crippen LogP contribution in [0, 0.1) is 6.92 Å². The van der Waals surface area contributed by atoms with Crippen LogP contribution < -0.4 is 16.8 Å². The number of urea groups is 1. The summed E-state index contributed by atoms with van der Waals surface area (Å²) in [5, 5.41) is 11.6. The number of hydrogen-bond acceptors (Lipinski definition) is 6. The highest BCUT2D eigenvalue weighted by Gasteiger charge is 2.15. The molecule has 0 saturated heterocycles. The third-order valence-corrected chi connectivity index (χ3v) is 4.89. The molecule has 9 nitrogen and oxygen atoms in total. The summed E-state index contributed by atoms with van der Waals surface area (Å²) in [6.07, 6.45) is 0. The highest BCUT2D eigenvalue weighted by atomic mass is 32.2. The predicted octanol–water partition coefficient (Wildman–Crippen LogP) is 3.88. The number of nitrogens with one attached hydrogen (secondary N) is 1. The van der Waals surface area contributed by atoms with E-state index in [2.05, 4.69) is 15.5 Å². The second-order valence-electron chi connectivity index (χ2n) is 6.05. The van der Waals surface area contributed by atoms with Crippen LogP contribution in [0.4, 0.5) is 27.5 Å². The molecule has 28 heavy (non-hydrogen) atoms. The van der Waals surface area contributed by atoms with Crippen molar-refractivity contribution in [3.8, 4) is 0 Å². The molecule has 10 heteroatoms. The molecule has 0 aliphatic carbocycles. The standard InChI is InChI=1S/C18H17N5O4S/c1-10-7-12(9-14-13(10)3-2-4-17(14)28(25,26)27)22-23-15-6-5-11(19)8-16(15)21-18(20)24/h2-9H,19H2,1H3,(H3,20,21,24)(H,25,26,27). The van der Waals surface area contributed by atoms with Crippen LogP contribution in [0.1, 0.15) is 5.56 Å². The largest absolute Gasteiger partial charge is 0.399 e. The minimum Gasteiger partial charge on any atom is -0.399 e. The lowest BCUT2D eigenvalue weighted by Gasteiger charge is -2.08. The van der Waals surface area contributed by atoms with Crippen molar-refractivity contribution >= 4 is 49.7 Å². The Morgan fingerprint density at radius 1 is 1.07 bits per heavy atom. The number of hydrogen-bond donors (Lipinski definition) is 4. The monoisotopic (exact) mass is 399 g/mol. The lowest BCUT2D eigenvalue weighted by Crippen LogP contribution is -2.19. The van der Waals surface area contributed by atoms with Crippen LogP contribution in [0.25, 0.3) is 10.8 Å². The number of nitrogens with two attached hydrogens (primary N) is 2. The second-order valence-corrected chi connectivity index (χ2v) is 7.44.